The van der Waals surface area contributed by atoms with Crippen molar-refractivity contribution in [3.63, 3.8) is 0 Å². The van der Waals surface area contributed by atoms with Crippen LogP contribution in [0.4, 0.5) is 4.39 Å². The average Bonchev–Trinajstić information content (AvgIpc) is 2.92. The minimum atomic E-state index is -1.09. The first-order valence-corrected chi connectivity index (χ1v) is 6.46. The van der Waals surface area contributed by atoms with Crippen molar-refractivity contribution in [2.75, 3.05) is 0 Å². The van der Waals surface area contributed by atoms with E-state index in [0.29, 0.717) is 11.1 Å². The zero-order valence-electron chi connectivity index (χ0n) is 9.63. The van der Waals surface area contributed by atoms with Gasteiger partial charge in [-0.2, -0.15) is 11.3 Å². The summed E-state index contributed by atoms with van der Waals surface area (Å²) in [6.45, 7) is 0. The van der Waals surface area contributed by atoms with Crippen molar-refractivity contribution in [3.8, 4) is 11.3 Å². The molecule has 2 heterocycles. The largest absolute Gasteiger partial charge is 0.478 e. The number of pyridine rings is 1. The molecule has 19 heavy (non-hydrogen) atoms. The minimum absolute atomic E-state index is 0.0608. The Bertz CT molecular complexity index is 768. The molecule has 0 atom stereocenters. The molecule has 0 aliphatic heterocycles. The number of para-hydroxylation sites is 1. The van der Waals surface area contributed by atoms with E-state index in [0.717, 1.165) is 5.56 Å². The van der Waals surface area contributed by atoms with E-state index in [1.54, 1.807) is 6.07 Å². The van der Waals surface area contributed by atoms with Gasteiger partial charge in [0.2, 0.25) is 0 Å². The lowest BCUT2D eigenvalue weighted by Crippen LogP contribution is -2.01. The summed E-state index contributed by atoms with van der Waals surface area (Å²) in [4.78, 5) is 15.5. The third kappa shape index (κ3) is 1.98. The van der Waals surface area contributed by atoms with Gasteiger partial charge >= 0.3 is 5.97 Å². The van der Waals surface area contributed by atoms with Gasteiger partial charge in [0.05, 0.1) is 11.3 Å². The summed E-state index contributed by atoms with van der Waals surface area (Å²) in [7, 11) is 0. The van der Waals surface area contributed by atoms with Crippen molar-refractivity contribution in [2.24, 2.45) is 0 Å². The van der Waals surface area contributed by atoms with Crippen LogP contribution in [0, 0.1) is 5.82 Å². The maximum absolute atomic E-state index is 13.8. The first-order chi connectivity index (χ1) is 9.16. The van der Waals surface area contributed by atoms with E-state index < -0.39 is 11.8 Å². The van der Waals surface area contributed by atoms with E-state index >= 15 is 0 Å². The van der Waals surface area contributed by atoms with Crippen LogP contribution in [0.25, 0.3) is 22.2 Å². The quantitative estimate of drug-likeness (QED) is 0.772. The van der Waals surface area contributed by atoms with Crippen molar-refractivity contribution in [2.45, 2.75) is 0 Å². The summed E-state index contributed by atoms with van der Waals surface area (Å²) in [6, 6.07) is 7.62. The zero-order valence-corrected chi connectivity index (χ0v) is 10.4. The van der Waals surface area contributed by atoms with Crippen molar-refractivity contribution >= 4 is 28.2 Å². The van der Waals surface area contributed by atoms with Gasteiger partial charge in [-0.1, -0.05) is 12.1 Å². The van der Waals surface area contributed by atoms with Crippen LogP contribution >= 0.6 is 11.3 Å². The summed E-state index contributed by atoms with van der Waals surface area (Å²) < 4.78 is 13.8. The molecule has 0 aliphatic rings. The van der Waals surface area contributed by atoms with Crippen molar-refractivity contribution in [3.05, 3.63) is 52.5 Å². The van der Waals surface area contributed by atoms with Gasteiger partial charge in [0.25, 0.3) is 0 Å². The van der Waals surface area contributed by atoms with Crippen molar-refractivity contribution in [1.82, 2.24) is 4.98 Å². The molecule has 2 aromatic heterocycles. The van der Waals surface area contributed by atoms with E-state index in [9.17, 15) is 14.3 Å². The second-order valence-electron chi connectivity index (χ2n) is 4.01. The number of carboxylic acid groups (broad SMARTS) is 1. The van der Waals surface area contributed by atoms with Gasteiger partial charge in [0.15, 0.2) is 0 Å². The summed E-state index contributed by atoms with van der Waals surface area (Å²) in [5.41, 5.74) is 1.41. The molecule has 0 saturated carbocycles. The summed E-state index contributed by atoms with van der Waals surface area (Å²) in [5.74, 6) is -1.61. The minimum Gasteiger partial charge on any atom is -0.478 e. The number of halogens is 1. The molecule has 0 bridgehead atoms. The SMILES string of the molecule is O=C(O)c1cc(-c2ccsc2)nc2c(F)cccc12. The fraction of sp³-hybridized carbons (Fsp3) is 0. The maximum Gasteiger partial charge on any atom is 0.336 e. The molecule has 0 spiro atoms. The Labute approximate surface area is 112 Å². The van der Waals surface area contributed by atoms with Gasteiger partial charge in [-0.15, -0.1) is 0 Å². The van der Waals surface area contributed by atoms with Crippen LogP contribution in [-0.4, -0.2) is 16.1 Å². The van der Waals surface area contributed by atoms with Gasteiger partial charge in [-0.05, 0) is 23.6 Å². The fourth-order valence-corrected chi connectivity index (χ4v) is 2.60. The third-order valence-electron chi connectivity index (χ3n) is 2.84. The van der Waals surface area contributed by atoms with Crippen LogP contribution in [0.2, 0.25) is 0 Å². The Morgan fingerprint density at radius 3 is 2.84 bits per heavy atom. The van der Waals surface area contributed by atoms with Gasteiger partial charge < -0.3 is 5.11 Å². The predicted molar refractivity (Wildman–Crippen MR) is 72.0 cm³/mol. The Kier molecular flexibility index (Phi) is 2.76. The van der Waals surface area contributed by atoms with Crippen LogP contribution in [0.15, 0.2) is 41.1 Å². The lowest BCUT2D eigenvalue weighted by molar-refractivity contribution is 0.0699. The monoisotopic (exact) mass is 273 g/mol. The molecule has 0 saturated heterocycles. The zero-order chi connectivity index (χ0) is 13.4. The van der Waals surface area contributed by atoms with E-state index in [2.05, 4.69) is 4.98 Å². The first-order valence-electron chi connectivity index (χ1n) is 5.52. The lowest BCUT2D eigenvalue weighted by Gasteiger charge is -2.06. The second kappa shape index (κ2) is 4.44. The maximum atomic E-state index is 13.8. The molecular formula is C14H8FNO2S. The molecule has 3 rings (SSSR count). The van der Waals surface area contributed by atoms with Gasteiger partial charge in [0, 0.05) is 16.3 Å². The Hall–Kier alpha value is -2.27. The second-order valence-corrected chi connectivity index (χ2v) is 4.79. The highest BCUT2D eigenvalue weighted by molar-refractivity contribution is 7.08. The number of aromatic nitrogens is 1. The van der Waals surface area contributed by atoms with Crippen LogP contribution in [0.3, 0.4) is 0 Å². The number of hydrogen-bond donors (Lipinski definition) is 1. The summed E-state index contributed by atoms with van der Waals surface area (Å²) in [6.07, 6.45) is 0. The molecule has 5 heteroatoms. The molecule has 0 amide bonds. The predicted octanol–water partition coefficient (Wildman–Crippen LogP) is 3.80. The number of benzene rings is 1. The number of hydrogen-bond acceptors (Lipinski definition) is 3. The Morgan fingerprint density at radius 1 is 1.32 bits per heavy atom. The van der Waals surface area contributed by atoms with E-state index in [1.165, 1.54) is 29.5 Å². The van der Waals surface area contributed by atoms with E-state index in [1.807, 2.05) is 16.8 Å². The number of fused-ring (bicyclic) bond motifs is 1. The molecule has 0 aliphatic carbocycles. The molecule has 3 nitrogen and oxygen atoms in total. The molecule has 1 N–H and O–H groups in total. The molecule has 1 aromatic carbocycles. The molecule has 0 fully saturated rings. The summed E-state index contributed by atoms with van der Waals surface area (Å²) >= 11 is 1.48. The number of rotatable bonds is 2. The van der Waals surface area contributed by atoms with E-state index in [-0.39, 0.29) is 11.1 Å². The smallest absolute Gasteiger partial charge is 0.336 e. The standard InChI is InChI=1S/C14H8FNO2S/c15-11-3-1-2-9-10(14(17)18)6-12(16-13(9)11)8-4-5-19-7-8/h1-7H,(H,17,18). The number of nitrogens with zero attached hydrogens (tertiary/aromatic N) is 1. The van der Waals surface area contributed by atoms with Crippen molar-refractivity contribution in [1.29, 1.82) is 0 Å². The van der Waals surface area contributed by atoms with Crippen LogP contribution in [0.5, 0.6) is 0 Å². The topological polar surface area (TPSA) is 50.2 Å². The Morgan fingerprint density at radius 2 is 2.16 bits per heavy atom. The highest BCUT2D eigenvalue weighted by Crippen LogP contribution is 2.27. The molecule has 0 radical (unpaired) electrons. The number of carbonyl (C=O) groups is 1. The Balaban J connectivity index is 2.38. The molecule has 0 unspecified atom stereocenters. The van der Waals surface area contributed by atoms with Gasteiger partial charge in [-0.3, -0.25) is 0 Å². The molecular weight excluding hydrogens is 265 g/mol. The van der Waals surface area contributed by atoms with Gasteiger partial charge in [-0.25, -0.2) is 14.2 Å². The van der Waals surface area contributed by atoms with Crippen LogP contribution in [-0.2, 0) is 0 Å². The molecule has 3 aromatic rings. The van der Waals surface area contributed by atoms with Crippen molar-refractivity contribution < 1.29 is 14.3 Å². The number of aromatic carboxylic acids is 1. The summed E-state index contributed by atoms with van der Waals surface area (Å²) in [5, 5.41) is 13.3. The number of thiophene rings is 1. The van der Waals surface area contributed by atoms with Crippen LogP contribution in [0.1, 0.15) is 10.4 Å². The highest BCUT2D eigenvalue weighted by Gasteiger charge is 2.15. The van der Waals surface area contributed by atoms with E-state index in [4.69, 9.17) is 0 Å². The highest BCUT2D eigenvalue weighted by atomic mass is 32.1. The molecule has 94 valence electrons. The third-order valence-corrected chi connectivity index (χ3v) is 3.52. The van der Waals surface area contributed by atoms with Crippen LogP contribution < -0.4 is 0 Å². The lowest BCUT2D eigenvalue weighted by atomic mass is 10.1. The number of carboxylic acids is 1. The fourth-order valence-electron chi connectivity index (χ4n) is 1.95. The van der Waals surface area contributed by atoms with Gasteiger partial charge in [0.1, 0.15) is 11.3 Å². The normalized spacial score (nSPS) is 10.8. The first kappa shape index (κ1) is 11.8. The average molecular weight is 273 g/mol.